The molecule has 0 fully saturated rings. The maximum Gasteiger partial charge on any atom is 0.231 e. The molecule has 0 radical (unpaired) electrons. The molecule has 0 aliphatic carbocycles. The molecule has 1 aliphatic rings. The Kier molecular flexibility index (Phi) is 4.67. The topological polar surface area (TPSA) is 23.6 Å². The van der Waals surface area contributed by atoms with Crippen molar-refractivity contribution in [2.45, 2.75) is 19.8 Å². The van der Waals surface area contributed by atoms with Crippen molar-refractivity contribution in [2.75, 3.05) is 32.1 Å². The summed E-state index contributed by atoms with van der Waals surface area (Å²) in [6.07, 6.45) is 1.39. The van der Waals surface area contributed by atoms with Gasteiger partial charge in [-0.3, -0.25) is 4.79 Å². The van der Waals surface area contributed by atoms with Crippen LogP contribution in [0.2, 0.25) is 0 Å². The van der Waals surface area contributed by atoms with Crippen molar-refractivity contribution in [3.05, 3.63) is 53.3 Å². The maximum absolute atomic E-state index is 13.9. The van der Waals surface area contributed by atoms with E-state index in [-0.39, 0.29) is 11.7 Å². The Morgan fingerprint density at radius 3 is 2.54 bits per heavy atom. The zero-order valence-electron chi connectivity index (χ0n) is 14.5. The van der Waals surface area contributed by atoms with Gasteiger partial charge in [0.25, 0.3) is 0 Å². The summed E-state index contributed by atoms with van der Waals surface area (Å²) in [4.78, 5) is 16.3. The van der Waals surface area contributed by atoms with Crippen LogP contribution in [0.3, 0.4) is 0 Å². The normalized spacial score (nSPS) is 13.7. The van der Waals surface area contributed by atoms with Gasteiger partial charge in [0.05, 0.1) is 6.42 Å². The first-order valence-electron chi connectivity index (χ1n) is 8.30. The monoisotopic (exact) mass is 326 g/mol. The van der Waals surface area contributed by atoms with E-state index in [2.05, 4.69) is 4.90 Å². The van der Waals surface area contributed by atoms with Crippen LogP contribution in [0.1, 0.15) is 17.5 Å². The SMILES string of the molecule is Cc1ccc(-c2ccc3c(c2)N(CCCN(C)C)C(=O)C3)cc1F. The van der Waals surface area contributed by atoms with Crippen LogP contribution in [0.4, 0.5) is 10.1 Å². The second kappa shape index (κ2) is 6.73. The van der Waals surface area contributed by atoms with Crippen LogP contribution < -0.4 is 4.90 Å². The molecule has 1 heterocycles. The molecule has 3 rings (SSSR count). The first kappa shape index (κ1) is 16.7. The molecule has 24 heavy (non-hydrogen) atoms. The van der Waals surface area contributed by atoms with Gasteiger partial charge in [0, 0.05) is 12.2 Å². The van der Waals surface area contributed by atoms with Gasteiger partial charge in [0.1, 0.15) is 5.82 Å². The molecule has 2 aromatic carbocycles. The van der Waals surface area contributed by atoms with E-state index in [4.69, 9.17) is 0 Å². The number of hydrogen-bond acceptors (Lipinski definition) is 2. The van der Waals surface area contributed by atoms with E-state index in [0.717, 1.165) is 41.9 Å². The molecule has 0 spiro atoms. The molecule has 3 nitrogen and oxygen atoms in total. The van der Waals surface area contributed by atoms with Gasteiger partial charge >= 0.3 is 0 Å². The van der Waals surface area contributed by atoms with Crippen molar-refractivity contribution >= 4 is 11.6 Å². The van der Waals surface area contributed by atoms with Crippen LogP contribution in [0.5, 0.6) is 0 Å². The average Bonchev–Trinajstić information content (AvgIpc) is 2.85. The van der Waals surface area contributed by atoms with Crippen LogP contribution >= 0.6 is 0 Å². The Morgan fingerprint density at radius 1 is 1.12 bits per heavy atom. The second-order valence-corrected chi connectivity index (χ2v) is 6.69. The molecule has 0 unspecified atom stereocenters. The molecule has 0 saturated heterocycles. The molecular formula is C20H23FN2O. The van der Waals surface area contributed by atoms with E-state index in [1.165, 1.54) is 0 Å². The van der Waals surface area contributed by atoms with Gasteiger partial charge in [-0.05, 0) is 68.4 Å². The van der Waals surface area contributed by atoms with Crippen LogP contribution in [0.15, 0.2) is 36.4 Å². The summed E-state index contributed by atoms with van der Waals surface area (Å²) in [6.45, 7) is 3.42. The van der Waals surface area contributed by atoms with E-state index in [1.807, 2.05) is 43.3 Å². The maximum atomic E-state index is 13.9. The Bertz CT molecular complexity index is 770. The van der Waals surface area contributed by atoms with Crippen LogP contribution in [-0.4, -0.2) is 38.0 Å². The van der Waals surface area contributed by atoms with Crippen LogP contribution in [0.25, 0.3) is 11.1 Å². The molecule has 0 saturated carbocycles. The van der Waals surface area contributed by atoms with Gasteiger partial charge in [-0.1, -0.05) is 24.3 Å². The molecule has 2 aromatic rings. The Labute approximate surface area is 142 Å². The van der Waals surface area contributed by atoms with E-state index >= 15 is 0 Å². The zero-order chi connectivity index (χ0) is 17.3. The van der Waals surface area contributed by atoms with Gasteiger partial charge in [0.2, 0.25) is 5.91 Å². The van der Waals surface area contributed by atoms with E-state index in [0.29, 0.717) is 12.0 Å². The average molecular weight is 326 g/mol. The number of halogens is 1. The van der Waals surface area contributed by atoms with E-state index in [1.54, 1.807) is 19.1 Å². The van der Waals surface area contributed by atoms with Crippen molar-refractivity contribution < 1.29 is 9.18 Å². The predicted octanol–water partition coefficient (Wildman–Crippen LogP) is 3.64. The van der Waals surface area contributed by atoms with Crippen LogP contribution in [-0.2, 0) is 11.2 Å². The highest BCUT2D eigenvalue weighted by atomic mass is 19.1. The molecule has 126 valence electrons. The quantitative estimate of drug-likeness (QED) is 0.837. The molecule has 0 atom stereocenters. The van der Waals surface area contributed by atoms with Crippen molar-refractivity contribution in [2.24, 2.45) is 0 Å². The number of carbonyl (C=O) groups is 1. The Balaban J connectivity index is 1.87. The number of hydrogen-bond donors (Lipinski definition) is 0. The third kappa shape index (κ3) is 3.34. The number of aryl methyl sites for hydroxylation is 1. The van der Waals surface area contributed by atoms with Crippen molar-refractivity contribution in [1.82, 2.24) is 4.90 Å². The van der Waals surface area contributed by atoms with E-state index in [9.17, 15) is 9.18 Å². The smallest absolute Gasteiger partial charge is 0.231 e. The fraction of sp³-hybridized carbons (Fsp3) is 0.350. The van der Waals surface area contributed by atoms with Crippen molar-refractivity contribution in [3.63, 3.8) is 0 Å². The van der Waals surface area contributed by atoms with Gasteiger partial charge in [-0.25, -0.2) is 4.39 Å². The standard InChI is InChI=1S/C20H23FN2O/c1-14-5-6-15(11-18(14)21)16-7-8-17-13-20(24)23(19(17)12-16)10-4-9-22(2)3/h5-8,11-12H,4,9-10,13H2,1-3H3. The lowest BCUT2D eigenvalue weighted by Crippen LogP contribution is -2.29. The summed E-state index contributed by atoms with van der Waals surface area (Å²) >= 11 is 0. The molecule has 0 bridgehead atoms. The fourth-order valence-corrected chi connectivity index (χ4v) is 3.10. The van der Waals surface area contributed by atoms with E-state index < -0.39 is 0 Å². The highest BCUT2D eigenvalue weighted by Gasteiger charge is 2.27. The summed E-state index contributed by atoms with van der Waals surface area (Å²) in [7, 11) is 4.06. The predicted molar refractivity (Wildman–Crippen MR) is 95.8 cm³/mol. The minimum atomic E-state index is -0.202. The number of benzene rings is 2. The number of anilines is 1. The molecule has 1 aliphatic heterocycles. The lowest BCUT2D eigenvalue weighted by molar-refractivity contribution is -0.117. The minimum absolute atomic E-state index is 0.149. The van der Waals surface area contributed by atoms with Gasteiger partial charge in [0.15, 0.2) is 0 Å². The van der Waals surface area contributed by atoms with Gasteiger partial charge in [-0.2, -0.15) is 0 Å². The second-order valence-electron chi connectivity index (χ2n) is 6.69. The number of nitrogens with zero attached hydrogens (tertiary/aromatic N) is 2. The number of fused-ring (bicyclic) bond motifs is 1. The number of rotatable bonds is 5. The Morgan fingerprint density at radius 2 is 1.83 bits per heavy atom. The van der Waals surface area contributed by atoms with Gasteiger partial charge < -0.3 is 9.80 Å². The lowest BCUT2D eigenvalue weighted by atomic mass is 10.0. The summed E-state index contributed by atoms with van der Waals surface area (Å²) in [5.41, 5.74) is 4.45. The highest BCUT2D eigenvalue weighted by molar-refractivity contribution is 6.02. The summed E-state index contributed by atoms with van der Waals surface area (Å²) in [5, 5.41) is 0. The lowest BCUT2D eigenvalue weighted by Gasteiger charge is -2.19. The largest absolute Gasteiger partial charge is 0.312 e. The molecular weight excluding hydrogens is 303 g/mol. The van der Waals surface area contributed by atoms with Crippen LogP contribution in [0, 0.1) is 12.7 Å². The summed E-state index contributed by atoms with van der Waals surface area (Å²) in [5.74, 6) is -0.0529. The summed E-state index contributed by atoms with van der Waals surface area (Å²) in [6, 6.07) is 11.3. The Hall–Kier alpha value is -2.20. The number of carbonyl (C=O) groups excluding carboxylic acids is 1. The van der Waals surface area contributed by atoms with Crippen molar-refractivity contribution in [3.8, 4) is 11.1 Å². The van der Waals surface area contributed by atoms with Gasteiger partial charge in [-0.15, -0.1) is 0 Å². The molecule has 4 heteroatoms. The molecule has 0 N–H and O–H groups in total. The van der Waals surface area contributed by atoms with Crippen molar-refractivity contribution in [1.29, 1.82) is 0 Å². The first-order chi connectivity index (χ1) is 11.5. The third-order valence-corrected chi connectivity index (χ3v) is 4.51. The highest BCUT2D eigenvalue weighted by Crippen LogP contribution is 2.34. The molecule has 0 aromatic heterocycles. The minimum Gasteiger partial charge on any atom is -0.312 e. The number of amides is 1. The summed E-state index contributed by atoms with van der Waals surface area (Å²) < 4.78 is 13.9. The molecule has 1 amide bonds. The zero-order valence-corrected chi connectivity index (χ0v) is 14.5. The first-order valence-corrected chi connectivity index (χ1v) is 8.30. The third-order valence-electron chi connectivity index (χ3n) is 4.51. The fourth-order valence-electron chi connectivity index (χ4n) is 3.10.